The normalized spacial score (nSPS) is 9.88. The van der Waals surface area contributed by atoms with Crippen LogP contribution in [-0.2, 0) is 0 Å². The molecule has 0 atom stereocenters. The maximum Gasteiger partial charge on any atom is 0.251 e. The second-order valence-electron chi connectivity index (χ2n) is 3.43. The van der Waals surface area contributed by atoms with Crippen molar-refractivity contribution in [1.29, 1.82) is 0 Å². The van der Waals surface area contributed by atoms with Crippen LogP contribution in [0.3, 0.4) is 0 Å². The minimum absolute atomic E-state index is 0.312. The first-order valence-corrected chi connectivity index (χ1v) is 5.24. The van der Waals surface area contributed by atoms with Gasteiger partial charge in [-0.05, 0) is 24.6 Å². The molecule has 0 saturated heterocycles. The molecule has 16 heavy (non-hydrogen) atoms. The van der Waals surface area contributed by atoms with Crippen LogP contribution in [0.5, 0.6) is 0 Å². The topological polar surface area (TPSA) is 55.1 Å². The lowest BCUT2D eigenvalue weighted by molar-refractivity contribution is 0.0954. The summed E-state index contributed by atoms with van der Waals surface area (Å²) in [6, 6.07) is 4.10. The summed E-state index contributed by atoms with van der Waals surface area (Å²) in [5.41, 5.74) is 6.36. The molecule has 0 heterocycles. The molecule has 0 saturated carbocycles. The number of thiocarbonyl (C=S) groups is 1. The summed E-state index contributed by atoms with van der Waals surface area (Å²) in [5.74, 6) is -0.738. The van der Waals surface area contributed by atoms with Crippen LogP contribution >= 0.6 is 12.2 Å². The van der Waals surface area contributed by atoms with Crippen molar-refractivity contribution in [2.45, 2.75) is 13.3 Å². The smallest absolute Gasteiger partial charge is 0.251 e. The fourth-order valence-electron chi connectivity index (χ4n) is 1.23. The fraction of sp³-hybridized carbons (Fsp3) is 0.273. The van der Waals surface area contributed by atoms with Gasteiger partial charge in [0.15, 0.2) is 0 Å². The number of aryl methyl sites for hydroxylation is 1. The molecule has 0 bridgehead atoms. The van der Waals surface area contributed by atoms with E-state index in [4.69, 9.17) is 5.73 Å². The summed E-state index contributed by atoms with van der Waals surface area (Å²) >= 11 is 4.68. The molecule has 0 spiro atoms. The molecule has 0 aliphatic carbocycles. The Balaban J connectivity index is 2.65. The van der Waals surface area contributed by atoms with Crippen LogP contribution in [0.1, 0.15) is 22.3 Å². The zero-order valence-corrected chi connectivity index (χ0v) is 9.73. The molecule has 1 amide bonds. The standard InChI is InChI=1S/C11H13FN2OS/c1-7-2-3-8(12)6-9(7)11(15)14-5-4-10(13)16/h2-3,6H,4-5H2,1H3,(H2,13,16)(H,14,15). The van der Waals surface area contributed by atoms with Gasteiger partial charge in [0, 0.05) is 18.5 Å². The van der Waals surface area contributed by atoms with Crippen LogP contribution in [0.2, 0.25) is 0 Å². The number of nitrogens with two attached hydrogens (primary N) is 1. The highest BCUT2D eigenvalue weighted by Crippen LogP contribution is 2.09. The number of benzene rings is 1. The summed E-state index contributed by atoms with van der Waals surface area (Å²) in [7, 11) is 0. The number of rotatable bonds is 4. The Morgan fingerprint density at radius 3 is 2.88 bits per heavy atom. The number of hydrogen-bond acceptors (Lipinski definition) is 2. The van der Waals surface area contributed by atoms with E-state index in [2.05, 4.69) is 17.5 Å². The lowest BCUT2D eigenvalue weighted by atomic mass is 10.1. The maximum atomic E-state index is 12.9. The van der Waals surface area contributed by atoms with Crippen LogP contribution in [0.15, 0.2) is 18.2 Å². The van der Waals surface area contributed by atoms with E-state index >= 15 is 0 Å². The molecule has 0 radical (unpaired) electrons. The highest BCUT2D eigenvalue weighted by molar-refractivity contribution is 7.80. The van der Waals surface area contributed by atoms with Crippen molar-refractivity contribution in [3.05, 3.63) is 35.1 Å². The van der Waals surface area contributed by atoms with E-state index in [1.54, 1.807) is 13.0 Å². The molecule has 0 fully saturated rings. The third-order valence-corrected chi connectivity index (χ3v) is 2.31. The van der Waals surface area contributed by atoms with Crippen molar-refractivity contribution in [2.75, 3.05) is 6.54 Å². The minimum atomic E-state index is -0.426. The van der Waals surface area contributed by atoms with Crippen LogP contribution in [0.25, 0.3) is 0 Å². The molecule has 5 heteroatoms. The van der Waals surface area contributed by atoms with Crippen LogP contribution in [0, 0.1) is 12.7 Å². The largest absolute Gasteiger partial charge is 0.393 e. The van der Waals surface area contributed by atoms with Gasteiger partial charge in [0.1, 0.15) is 5.82 Å². The monoisotopic (exact) mass is 240 g/mol. The molecule has 3 N–H and O–H groups in total. The van der Waals surface area contributed by atoms with Gasteiger partial charge in [-0.1, -0.05) is 18.3 Å². The summed E-state index contributed by atoms with van der Waals surface area (Å²) in [5, 5.41) is 2.63. The lowest BCUT2D eigenvalue weighted by Gasteiger charge is -2.07. The molecule has 0 unspecified atom stereocenters. The highest BCUT2D eigenvalue weighted by atomic mass is 32.1. The SMILES string of the molecule is Cc1ccc(F)cc1C(=O)NCCC(N)=S. The first-order valence-electron chi connectivity index (χ1n) is 4.83. The summed E-state index contributed by atoms with van der Waals surface area (Å²) in [4.78, 5) is 12.0. The van der Waals surface area contributed by atoms with Crippen molar-refractivity contribution in [3.63, 3.8) is 0 Å². The van der Waals surface area contributed by atoms with Crippen LogP contribution in [0.4, 0.5) is 4.39 Å². The van der Waals surface area contributed by atoms with E-state index in [-0.39, 0.29) is 5.91 Å². The van der Waals surface area contributed by atoms with Gasteiger partial charge in [-0.25, -0.2) is 4.39 Å². The van der Waals surface area contributed by atoms with Crippen molar-refractivity contribution >= 4 is 23.1 Å². The van der Waals surface area contributed by atoms with Crippen LogP contribution in [-0.4, -0.2) is 17.4 Å². The lowest BCUT2D eigenvalue weighted by Crippen LogP contribution is -2.27. The molecule has 0 aliphatic rings. The van der Waals surface area contributed by atoms with Gasteiger partial charge in [0.2, 0.25) is 0 Å². The Hall–Kier alpha value is -1.49. The Morgan fingerprint density at radius 1 is 1.56 bits per heavy atom. The molecule has 1 aromatic rings. The van der Waals surface area contributed by atoms with Gasteiger partial charge >= 0.3 is 0 Å². The zero-order valence-electron chi connectivity index (χ0n) is 8.92. The first kappa shape index (κ1) is 12.6. The van der Waals surface area contributed by atoms with Gasteiger partial charge in [-0.15, -0.1) is 0 Å². The average Bonchev–Trinajstić information content (AvgIpc) is 2.21. The van der Waals surface area contributed by atoms with Gasteiger partial charge in [-0.3, -0.25) is 4.79 Å². The second kappa shape index (κ2) is 5.55. The molecular formula is C11H13FN2OS. The van der Waals surface area contributed by atoms with Crippen LogP contribution < -0.4 is 11.1 Å². The first-order chi connectivity index (χ1) is 7.50. The van der Waals surface area contributed by atoms with Gasteiger partial charge in [-0.2, -0.15) is 0 Å². The minimum Gasteiger partial charge on any atom is -0.393 e. The molecule has 86 valence electrons. The Bertz CT molecular complexity index is 420. The molecule has 3 nitrogen and oxygen atoms in total. The quantitative estimate of drug-likeness (QED) is 0.785. The predicted molar refractivity (Wildman–Crippen MR) is 64.9 cm³/mol. The average molecular weight is 240 g/mol. The fourth-order valence-corrected chi connectivity index (χ4v) is 1.34. The molecular weight excluding hydrogens is 227 g/mol. The number of amides is 1. The van der Waals surface area contributed by atoms with Crippen molar-refractivity contribution < 1.29 is 9.18 Å². The number of carbonyl (C=O) groups excluding carboxylic acids is 1. The number of hydrogen-bond donors (Lipinski definition) is 2. The number of halogens is 1. The van der Waals surface area contributed by atoms with E-state index in [1.165, 1.54) is 12.1 Å². The maximum absolute atomic E-state index is 12.9. The summed E-state index contributed by atoms with van der Waals surface area (Å²) in [6.07, 6.45) is 0.440. The highest BCUT2D eigenvalue weighted by Gasteiger charge is 2.09. The van der Waals surface area contributed by atoms with Gasteiger partial charge in [0.05, 0.1) is 4.99 Å². The Morgan fingerprint density at radius 2 is 2.25 bits per heavy atom. The Kier molecular flexibility index (Phi) is 4.37. The molecule has 1 aromatic carbocycles. The van der Waals surface area contributed by atoms with E-state index in [1.807, 2.05) is 0 Å². The van der Waals surface area contributed by atoms with Crippen molar-refractivity contribution in [2.24, 2.45) is 5.73 Å². The third kappa shape index (κ3) is 3.58. The third-order valence-electron chi connectivity index (χ3n) is 2.10. The summed E-state index contributed by atoms with van der Waals surface area (Å²) < 4.78 is 12.9. The van der Waals surface area contributed by atoms with E-state index in [0.29, 0.717) is 23.5 Å². The number of nitrogens with one attached hydrogen (secondary N) is 1. The van der Waals surface area contributed by atoms with Crippen molar-refractivity contribution in [1.82, 2.24) is 5.32 Å². The zero-order chi connectivity index (χ0) is 12.1. The number of carbonyl (C=O) groups is 1. The predicted octanol–water partition coefficient (Wildman–Crippen LogP) is 1.54. The van der Waals surface area contributed by atoms with E-state index < -0.39 is 5.82 Å². The second-order valence-corrected chi connectivity index (χ2v) is 3.96. The van der Waals surface area contributed by atoms with Crippen molar-refractivity contribution in [3.8, 4) is 0 Å². The van der Waals surface area contributed by atoms with E-state index in [9.17, 15) is 9.18 Å². The Labute approximate surface area is 98.8 Å². The van der Waals surface area contributed by atoms with E-state index in [0.717, 1.165) is 5.56 Å². The molecule has 0 aliphatic heterocycles. The molecule has 1 rings (SSSR count). The van der Waals surface area contributed by atoms with Gasteiger partial charge < -0.3 is 11.1 Å². The summed E-state index contributed by atoms with van der Waals surface area (Å²) in [6.45, 7) is 2.12. The van der Waals surface area contributed by atoms with Gasteiger partial charge in [0.25, 0.3) is 5.91 Å². The molecule has 0 aromatic heterocycles.